The van der Waals surface area contributed by atoms with E-state index in [9.17, 15) is 4.79 Å². The number of pyridine rings is 1. The summed E-state index contributed by atoms with van der Waals surface area (Å²) in [6.07, 6.45) is 0. The number of esters is 1. The van der Waals surface area contributed by atoms with Crippen molar-refractivity contribution in [1.82, 2.24) is 4.98 Å². The minimum Gasteiger partial charge on any atom is -0.464 e. The first-order valence-electron chi connectivity index (χ1n) is 5.63. The first-order valence-corrected chi connectivity index (χ1v) is 6.89. The number of anilines is 1. The standard InChI is InChI=1S/C13H13ClN2O2S/c1-8-10(15-7-9-4-3-5-19-9)6-11(14)16-12(8)13(17)18-2/h3-6H,7H2,1-2H3,(H,15,16). The lowest BCUT2D eigenvalue weighted by Crippen LogP contribution is -2.10. The van der Waals surface area contributed by atoms with Crippen LogP contribution in [0.15, 0.2) is 23.6 Å². The molecular weight excluding hydrogens is 284 g/mol. The monoisotopic (exact) mass is 296 g/mol. The number of nitrogens with one attached hydrogen (secondary N) is 1. The van der Waals surface area contributed by atoms with Crippen molar-refractivity contribution in [1.29, 1.82) is 0 Å². The third kappa shape index (κ3) is 3.24. The average molecular weight is 297 g/mol. The van der Waals surface area contributed by atoms with Gasteiger partial charge in [0, 0.05) is 22.7 Å². The number of thiophene rings is 1. The molecule has 0 bridgehead atoms. The van der Waals surface area contributed by atoms with Crippen LogP contribution in [-0.4, -0.2) is 18.1 Å². The molecule has 2 heterocycles. The molecule has 2 rings (SSSR count). The van der Waals surface area contributed by atoms with E-state index < -0.39 is 5.97 Å². The van der Waals surface area contributed by atoms with Gasteiger partial charge in [-0.05, 0) is 24.4 Å². The first-order chi connectivity index (χ1) is 9.11. The topological polar surface area (TPSA) is 51.2 Å². The predicted octanol–water partition coefficient (Wildman–Crippen LogP) is 3.50. The van der Waals surface area contributed by atoms with Crippen molar-refractivity contribution in [2.45, 2.75) is 13.5 Å². The molecular formula is C13H13ClN2O2S. The summed E-state index contributed by atoms with van der Waals surface area (Å²) < 4.78 is 4.69. The molecule has 0 saturated heterocycles. The number of carbonyl (C=O) groups excluding carboxylic acids is 1. The van der Waals surface area contributed by atoms with Crippen LogP contribution in [0.25, 0.3) is 0 Å². The number of hydrogen-bond acceptors (Lipinski definition) is 5. The molecule has 6 heteroatoms. The van der Waals surface area contributed by atoms with Crippen LogP contribution in [0.3, 0.4) is 0 Å². The fourth-order valence-electron chi connectivity index (χ4n) is 1.65. The van der Waals surface area contributed by atoms with E-state index in [-0.39, 0.29) is 10.8 Å². The van der Waals surface area contributed by atoms with E-state index in [2.05, 4.69) is 10.3 Å². The van der Waals surface area contributed by atoms with Crippen LogP contribution in [0.4, 0.5) is 5.69 Å². The van der Waals surface area contributed by atoms with Crippen molar-refractivity contribution in [2.75, 3.05) is 12.4 Å². The summed E-state index contributed by atoms with van der Waals surface area (Å²) in [6, 6.07) is 5.74. The fourth-order valence-corrected chi connectivity index (χ4v) is 2.49. The molecule has 0 spiro atoms. The molecule has 2 aromatic rings. The summed E-state index contributed by atoms with van der Waals surface area (Å²) in [5.41, 5.74) is 1.75. The van der Waals surface area contributed by atoms with Crippen LogP contribution < -0.4 is 5.32 Å². The van der Waals surface area contributed by atoms with E-state index in [4.69, 9.17) is 16.3 Å². The molecule has 0 aliphatic heterocycles. The summed E-state index contributed by atoms with van der Waals surface area (Å²) in [5, 5.41) is 5.53. The fraction of sp³-hybridized carbons (Fsp3) is 0.231. The smallest absolute Gasteiger partial charge is 0.357 e. The van der Waals surface area contributed by atoms with Gasteiger partial charge >= 0.3 is 5.97 Å². The third-order valence-corrected chi connectivity index (χ3v) is 3.72. The highest BCUT2D eigenvalue weighted by Gasteiger charge is 2.15. The quantitative estimate of drug-likeness (QED) is 0.693. The summed E-state index contributed by atoms with van der Waals surface area (Å²) >= 11 is 7.59. The van der Waals surface area contributed by atoms with Gasteiger partial charge in [0.1, 0.15) is 5.15 Å². The number of nitrogens with zero attached hydrogens (tertiary/aromatic N) is 1. The van der Waals surface area contributed by atoms with Crippen molar-refractivity contribution < 1.29 is 9.53 Å². The zero-order valence-electron chi connectivity index (χ0n) is 10.6. The highest BCUT2D eigenvalue weighted by Crippen LogP contribution is 2.23. The molecule has 0 amide bonds. The third-order valence-electron chi connectivity index (χ3n) is 2.65. The molecule has 0 saturated carbocycles. The van der Waals surface area contributed by atoms with E-state index >= 15 is 0 Å². The van der Waals surface area contributed by atoms with Gasteiger partial charge in [-0.2, -0.15) is 0 Å². The molecule has 0 unspecified atom stereocenters. The number of ether oxygens (including phenoxy) is 1. The largest absolute Gasteiger partial charge is 0.464 e. The number of aromatic nitrogens is 1. The second kappa shape index (κ2) is 6.04. The van der Waals surface area contributed by atoms with Crippen LogP contribution in [0, 0.1) is 6.92 Å². The minimum absolute atomic E-state index is 0.240. The maximum atomic E-state index is 11.6. The normalized spacial score (nSPS) is 10.3. The Bertz CT molecular complexity index is 585. The Morgan fingerprint density at radius 1 is 1.58 bits per heavy atom. The molecule has 0 aromatic carbocycles. The summed E-state index contributed by atoms with van der Waals surface area (Å²) in [6.45, 7) is 2.49. The van der Waals surface area contributed by atoms with Crippen molar-refractivity contribution in [3.63, 3.8) is 0 Å². The lowest BCUT2D eigenvalue weighted by Gasteiger charge is -2.11. The molecule has 19 heavy (non-hydrogen) atoms. The number of halogens is 1. The van der Waals surface area contributed by atoms with E-state index in [0.717, 1.165) is 11.3 Å². The first kappa shape index (κ1) is 13.8. The van der Waals surface area contributed by atoms with Crippen LogP contribution in [0.1, 0.15) is 20.9 Å². The number of hydrogen-bond donors (Lipinski definition) is 1. The molecule has 0 atom stereocenters. The molecule has 1 N–H and O–H groups in total. The van der Waals surface area contributed by atoms with Crippen molar-refractivity contribution >= 4 is 34.6 Å². The maximum absolute atomic E-state index is 11.6. The second-order valence-electron chi connectivity index (χ2n) is 3.89. The zero-order valence-corrected chi connectivity index (χ0v) is 12.1. The molecule has 0 fully saturated rings. The van der Waals surface area contributed by atoms with Gasteiger partial charge in [-0.25, -0.2) is 9.78 Å². The van der Waals surface area contributed by atoms with Gasteiger partial charge in [-0.15, -0.1) is 11.3 Å². The Balaban J connectivity index is 2.24. The molecule has 4 nitrogen and oxygen atoms in total. The van der Waals surface area contributed by atoms with Gasteiger partial charge in [-0.3, -0.25) is 0 Å². The number of rotatable bonds is 4. The highest BCUT2D eigenvalue weighted by molar-refractivity contribution is 7.09. The Morgan fingerprint density at radius 3 is 3.00 bits per heavy atom. The number of methoxy groups -OCH3 is 1. The van der Waals surface area contributed by atoms with Gasteiger partial charge in [-0.1, -0.05) is 17.7 Å². The van der Waals surface area contributed by atoms with Crippen molar-refractivity contribution in [2.24, 2.45) is 0 Å². The molecule has 2 aromatic heterocycles. The molecule has 0 radical (unpaired) electrons. The molecule has 0 aliphatic rings. The van der Waals surface area contributed by atoms with Crippen LogP contribution in [0.5, 0.6) is 0 Å². The summed E-state index contributed by atoms with van der Waals surface area (Å²) in [7, 11) is 1.32. The Hall–Kier alpha value is -1.59. The van der Waals surface area contributed by atoms with Gasteiger partial charge < -0.3 is 10.1 Å². The summed E-state index contributed by atoms with van der Waals surface area (Å²) in [4.78, 5) is 16.8. The second-order valence-corrected chi connectivity index (χ2v) is 5.31. The van der Waals surface area contributed by atoms with Crippen LogP contribution >= 0.6 is 22.9 Å². The van der Waals surface area contributed by atoms with Gasteiger partial charge in [0.15, 0.2) is 5.69 Å². The van der Waals surface area contributed by atoms with Gasteiger partial charge in [0.25, 0.3) is 0 Å². The molecule has 100 valence electrons. The highest BCUT2D eigenvalue weighted by atomic mass is 35.5. The number of carbonyl (C=O) groups is 1. The molecule has 0 aliphatic carbocycles. The summed E-state index contributed by atoms with van der Waals surface area (Å²) in [5.74, 6) is -0.487. The van der Waals surface area contributed by atoms with Crippen molar-refractivity contribution in [3.05, 3.63) is 44.9 Å². The van der Waals surface area contributed by atoms with Crippen molar-refractivity contribution in [3.8, 4) is 0 Å². The Labute approximate surface area is 120 Å². The zero-order chi connectivity index (χ0) is 13.8. The van der Waals surface area contributed by atoms with E-state index in [0.29, 0.717) is 6.54 Å². The van der Waals surface area contributed by atoms with Crippen LogP contribution in [0.2, 0.25) is 5.15 Å². The Kier molecular flexibility index (Phi) is 4.39. The van der Waals surface area contributed by atoms with E-state index in [1.807, 2.05) is 24.4 Å². The minimum atomic E-state index is -0.487. The SMILES string of the molecule is COC(=O)c1nc(Cl)cc(NCc2cccs2)c1C. The van der Waals surface area contributed by atoms with E-state index in [1.165, 1.54) is 12.0 Å². The van der Waals surface area contributed by atoms with Gasteiger partial charge in [0.2, 0.25) is 0 Å². The van der Waals surface area contributed by atoms with Crippen LogP contribution in [-0.2, 0) is 11.3 Å². The Morgan fingerprint density at radius 2 is 2.37 bits per heavy atom. The lowest BCUT2D eigenvalue weighted by molar-refractivity contribution is 0.0593. The average Bonchev–Trinajstić information content (AvgIpc) is 2.91. The lowest BCUT2D eigenvalue weighted by atomic mass is 10.1. The van der Waals surface area contributed by atoms with E-state index in [1.54, 1.807) is 17.4 Å². The maximum Gasteiger partial charge on any atom is 0.357 e. The van der Waals surface area contributed by atoms with Gasteiger partial charge in [0.05, 0.1) is 7.11 Å². The predicted molar refractivity (Wildman–Crippen MR) is 77.0 cm³/mol.